The lowest BCUT2D eigenvalue weighted by Crippen LogP contribution is -2.43. The number of para-hydroxylation sites is 1. The summed E-state index contributed by atoms with van der Waals surface area (Å²) in [7, 11) is 0. The molecule has 0 saturated heterocycles. The molecule has 0 saturated carbocycles. The number of carboxylic acids is 2. The Morgan fingerprint density at radius 3 is 2.27 bits per heavy atom. The highest BCUT2D eigenvalue weighted by atomic mass is 32.1. The topological polar surface area (TPSA) is 104 Å². The van der Waals surface area contributed by atoms with Crippen LogP contribution in [-0.4, -0.2) is 41.0 Å². The fourth-order valence-corrected chi connectivity index (χ4v) is 4.19. The lowest BCUT2D eigenvalue weighted by molar-refractivity contribution is -0.139. The summed E-state index contributed by atoms with van der Waals surface area (Å²) < 4.78 is 46.2. The van der Waals surface area contributed by atoms with Crippen molar-refractivity contribution in [3.63, 3.8) is 0 Å². The van der Waals surface area contributed by atoms with Gasteiger partial charge in [-0.3, -0.25) is 4.79 Å². The molecule has 0 bridgehead atoms. The van der Waals surface area contributed by atoms with Crippen molar-refractivity contribution in [1.82, 2.24) is 0 Å². The molecule has 1 aromatic heterocycles. The number of nitrogens with zero attached hydrogens (tertiary/aromatic N) is 1. The van der Waals surface area contributed by atoms with Crippen LogP contribution in [0.1, 0.15) is 25.6 Å². The van der Waals surface area contributed by atoms with Crippen molar-refractivity contribution < 1.29 is 42.5 Å². The van der Waals surface area contributed by atoms with Gasteiger partial charge in [0.2, 0.25) is 0 Å². The highest BCUT2D eigenvalue weighted by Gasteiger charge is 2.42. The van der Waals surface area contributed by atoms with Gasteiger partial charge in [-0.15, -0.1) is 24.5 Å². The van der Waals surface area contributed by atoms with Crippen LogP contribution in [0.5, 0.6) is 5.75 Å². The van der Waals surface area contributed by atoms with Crippen LogP contribution in [0.3, 0.4) is 0 Å². The molecule has 2 aromatic carbocycles. The first-order chi connectivity index (χ1) is 15.5. The number of benzene rings is 2. The number of thiophene rings is 1. The smallest absolute Gasteiger partial charge is 0.480 e. The molecule has 0 radical (unpaired) electrons. The Morgan fingerprint density at radius 2 is 1.70 bits per heavy atom. The Morgan fingerprint density at radius 1 is 1.03 bits per heavy atom. The number of amides is 1. The molecule has 33 heavy (non-hydrogen) atoms. The number of carboxylic acid groups (broad SMARTS) is 2. The highest BCUT2D eigenvalue weighted by molar-refractivity contribution is 7.18. The zero-order valence-electron chi connectivity index (χ0n) is 16.9. The van der Waals surface area contributed by atoms with Crippen LogP contribution in [0.15, 0.2) is 54.6 Å². The van der Waals surface area contributed by atoms with E-state index < -0.39 is 30.8 Å². The monoisotopic (exact) mass is 479 g/mol. The van der Waals surface area contributed by atoms with E-state index in [1.807, 2.05) is 0 Å². The molecule has 0 atom stereocenters. The molecule has 3 aromatic rings. The summed E-state index contributed by atoms with van der Waals surface area (Å²) in [5.41, 5.74) is -0.0539. The van der Waals surface area contributed by atoms with Crippen molar-refractivity contribution in [2.45, 2.75) is 13.2 Å². The molecule has 3 rings (SSSR count). The van der Waals surface area contributed by atoms with E-state index in [1.54, 1.807) is 0 Å². The van der Waals surface area contributed by atoms with Gasteiger partial charge in [0.25, 0.3) is 5.91 Å². The molecular weight excluding hydrogens is 463 g/mol. The Balaban J connectivity index is 2.05. The maximum atomic E-state index is 13.7. The average molecular weight is 479 g/mol. The minimum Gasteiger partial charge on any atom is -0.480 e. The van der Waals surface area contributed by atoms with Crippen molar-refractivity contribution in [2.24, 2.45) is 0 Å². The van der Waals surface area contributed by atoms with E-state index in [1.165, 1.54) is 49.4 Å². The van der Waals surface area contributed by atoms with Gasteiger partial charge in [-0.05, 0) is 36.8 Å². The molecule has 0 aliphatic carbocycles. The first-order valence-corrected chi connectivity index (χ1v) is 10.1. The molecule has 0 spiro atoms. The number of rotatable bonds is 7. The van der Waals surface area contributed by atoms with Crippen LogP contribution in [0.4, 0.5) is 18.9 Å². The maximum absolute atomic E-state index is 13.7. The van der Waals surface area contributed by atoms with Gasteiger partial charge in [0, 0.05) is 16.0 Å². The first-order valence-electron chi connectivity index (χ1n) is 9.28. The second-order valence-corrected chi connectivity index (χ2v) is 7.75. The Kier molecular flexibility index (Phi) is 6.73. The Hall–Kier alpha value is -3.86. The number of aromatic carboxylic acids is 1. The van der Waals surface area contributed by atoms with Crippen LogP contribution in [0.2, 0.25) is 0 Å². The molecule has 2 N–H and O–H groups in total. The van der Waals surface area contributed by atoms with Crippen molar-refractivity contribution in [2.75, 3.05) is 11.5 Å². The second-order valence-electron chi connectivity index (χ2n) is 6.73. The van der Waals surface area contributed by atoms with Gasteiger partial charge in [-0.25, -0.2) is 14.5 Å². The molecule has 7 nitrogen and oxygen atoms in total. The zero-order chi connectivity index (χ0) is 24.3. The number of hydrogen-bond acceptors (Lipinski definition) is 5. The predicted octanol–water partition coefficient (Wildman–Crippen LogP) is 5.05. The van der Waals surface area contributed by atoms with Gasteiger partial charge in [0.05, 0.1) is 5.69 Å². The van der Waals surface area contributed by atoms with E-state index in [0.29, 0.717) is 10.4 Å². The number of ether oxygens (including phenoxy) is 1. The average Bonchev–Trinajstić information content (AvgIpc) is 3.08. The minimum atomic E-state index is -4.98. The number of alkyl halides is 3. The number of hydrogen-bond donors (Lipinski definition) is 2. The molecule has 0 aliphatic heterocycles. The SMILES string of the molecule is Cc1c(-c2cccc(C(=O)N(c3ccccc3)C(F)(F)F)c2)sc(C(=O)O)c1OCC(=O)O. The summed E-state index contributed by atoms with van der Waals surface area (Å²) >= 11 is 0.765. The summed E-state index contributed by atoms with van der Waals surface area (Å²) in [5.74, 6) is -4.12. The van der Waals surface area contributed by atoms with Crippen molar-refractivity contribution in [3.8, 4) is 16.2 Å². The van der Waals surface area contributed by atoms with E-state index in [2.05, 4.69) is 0 Å². The fourth-order valence-electron chi connectivity index (χ4n) is 3.10. The van der Waals surface area contributed by atoms with Crippen LogP contribution >= 0.6 is 11.3 Å². The summed E-state index contributed by atoms with van der Waals surface area (Å²) in [6, 6.07) is 11.9. The third kappa shape index (κ3) is 5.14. The maximum Gasteiger partial charge on any atom is 0.491 e. The molecule has 172 valence electrons. The molecule has 11 heteroatoms. The molecule has 1 heterocycles. The van der Waals surface area contributed by atoms with E-state index in [4.69, 9.17) is 9.84 Å². The van der Waals surface area contributed by atoms with Gasteiger partial charge < -0.3 is 14.9 Å². The quantitative estimate of drug-likeness (QED) is 0.460. The standard InChI is InChI=1S/C22H16F3NO6S/c1-12-17(32-11-16(27)28)19(21(30)31)33-18(12)13-6-5-7-14(10-13)20(29)26(22(23,24)25)15-8-3-2-4-9-15/h2-10H,11H2,1H3,(H,27,28)(H,30,31). The predicted molar refractivity (Wildman–Crippen MR) is 114 cm³/mol. The minimum absolute atomic E-state index is 0.150. The van der Waals surface area contributed by atoms with E-state index >= 15 is 0 Å². The van der Waals surface area contributed by atoms with Crippen LogP contribution in [0.25, 0.3) is 10.4 Å². The third-order valence-corrected chi connectivity index (χ3v) is 5.78. The van der Waals surface area contributed by atoms with Gasteiger partial charge in [0.15, 0.2) is 11.5 Å². The zero-order valence-corrected chi connectivity index (χ0v) is 17.7. The van der Waals surface area contributed by atoms with E-state index in [-0.39, 0.29) is 32.3 Å². The number of aliphatic carboxylic acids is 1. The highest BCUT2D eigenvalue weighted by Crippen LogP contribution is 2.42. The normalized spacial score (nSPS) is 11.2. The second kappa shape index (κ2) is 9.33. The van der Waals surface area contributed by atoms with E-state index in [9.17, 15) is 32.7 Å². The molecule has 0 aliphatic rings. The largest absolute Gasteiger partial charge is 0.491 e. The van der Waals surface area contributed by atoms with Crippen molar-refractivity contribution >= 4 is 34.9 Å². The third-order valence-electron chi connectivity index (χ3n) is 4.47. The Labute approximate surface area is 189 Å². The molecule has 0 fully saturated rings. The van der Waals surface area contributed by atoms with Gasteiger partial charge in [-0.2, -0.15) is 0 Å². The number of halogens is 3. The van der Waals surface area contributed by atoms with E-state index in [0.717, 1.165) is 23.5 Å². The summed E-state index contributed by atoms with van der Waals surface area (Å²) in [6.07, 6.45) is -4.98. The molecule has 0 unspecified atom stereocenters. The lowest BCUT2D eigenvalue weighted by atomic mass is 10.1. The summed E-state index contributed by atoms with van der Waals surface area (Å²) in [6.45, 7) is 0.726. The van der Waals surface area contributed by atoms with Crippen molar-refractivity contribution in [3.05, 3.63) is 70.6 Å². The lowest BCUT2D eigenvalue weighted by Gasteiger charge is -2.25. The van der Waals surface area contributed by atoms with Gasteiger partial charge in [-0.1, -0.05) is 30.3 Å². The summed E-state index contributed by atoms with van der Waals surface area (Å²) in [4.78, 5) is 35.0. The summed E-state index contributed by atoms with van der Waals surface area (Å²) in [5, 5.41) is 18.3. The van der Waals surface area contributed by atoms with Crippen LogP contribution in [0, 0.1) is 6.92 Å². The van der Waals surface area contributed by atoms with Crippen LogP contribution < -0.4 is 9.64 Å². The van der Waals surface area contributed by atoms with Crippen LogP contribution in [-0.2, 0) is 4.79 Å². The first kappa shape index (κ1) is 23.8. The number of anilines is 1. The molecule has 1 amide bonds. The number of carbonyl (C=O) groups is 3. The Bertz CT molecular complexity index is 1210. The van der Waals surface area contributed by atoms with Gasteiger partial charge >= 0.3 is 18.2 Å². The van der Waals surface area contributed by atoms with Gasteiger partial charge in [0.1, 0.15) is 5.75 Å². The number of carbonyl (C=O) groups excluding carboxylic acids is 1. The molecular formula is C22H16F3NO6S. The van der Waals surface area contributed by atoms with Crippen molar-refractivity contribution in [1.29, 1.82) is 0 Å². The fraction of sp³-hybridized carbons (Fsp3) is 0.136.